The van der Waals surface area contributed by atoms with E-state index in [-0.39, 0.29) is 10.9 Å². The van der Waals surface area contributed by atoms with E-state index in [4.69, 9.17) is 5.73 Å². The minimum atomic E-state index is -3.42. The van der Waals surface area contributed by atoms with E-state index in [1.807, 2.05) is 6.92 Å². The number of nitrogen functional groups attached to an aromatic ring is 1. The van der Waals surface area contributed by atoms with Crippen molar-refractivity contribution < 1.29 is 8.42 Å². The minimum Gasteiger partial charge on any atom is -0.399 e. The molecule has 1 aromatic rings. The second kappa shape index (κ2) is 5.71. The topological polar surface area (TPSA) is 63.4 Å². The van der Waals surface area contributed by atoms with Crippen LogP contribution in [0, 0.1) is 5.92 Å². The number of sulfonamides is 1. The fraction of sp³-hybridized carbons (Fsp3) is 0.538. The summed E-state index contributed by atoms with van der Waals surface area (Å²) < 4.78 is 26.1. The quantitative estimate of drug-likeness (QED) is 0.835. The summed E-state index contributed by atoms with van der Waals surface area (Å²) in [6, 6.07) is 6.28. The van der Waals surface area contributed by atoms with Gasteiger partial charge in [0, 0.05) is 18.8 Å². The molecule has 0 heterocycles. The molecule has 0 bridgehead atoms. The van der Waals surface area contributed by atoms with E-state index in [0.717, 1.165) is 6.42 Å². The Morgan fingerprint density at radius 3 is 2.11 bits per heavy atom. The summed E-state index contributed by atoms with van der Waals surface area (Å²) in [7, 11) is -1.80. The first-order valence-electron chi connectivity index (χ1n) is 6.08. The molecule has 0 spiro atoms. The Hall–Kier alpha value is -1.07. The number of anilines is 1. The van der Waals surface area contributed by atoms with Gasteiger partial charge in [0.2, 0.25) is 10.0 Å². The Bertz CT molecular complexity index is 480. The Labute approximate surface area is 110 Å². The third kappa shape index (κ3) is 3.46. The first kappa shape index (κ1) is 15.0. The van der Waals surface area contributed by atoms with Gasteiger partial charge in [-0.05, 0) is 43.5 Å². The highest BCUT2D eigenvalue weighted by molar-refractivity contribution is 7.89. The molecule has 0 aliphatic carbocycles. The van der Waals surface area contributed by atoms with Crippen LogP contribution in [0.5, 0.6) is 0 Å². The van der Waals surface area contributed by atoms with Gasteiger partial charge < -0.3 is 5.73 Å². The summed E-state index contributed by atoms with van der Waals surface area (Å²) in [4.78, 5) is 0.287. The highest BCUT2D eigenvalue weighted by atomic mass is 32.2. The van der Waals surface area contributed by atoms with Gasteiger partial charge in [0.15, 0.2) is 0 Å². The zero-order valence-corrected chi connectivity index (χ0v) is 12.2. The van der Waals surface area contributed by atoms with Gasteiger partial charge in [-0.1, -0.05) is 13.8 Å². The van der Waals surface area contributed by atoms with Gasteiger partial charge >= 0.3 is 0 Å². The molecule has 0 aliphatic heterocycles. The minimum absolute atomic E-state index is 0.0208. The number of nitrogens with zero attached hydrogens (tertiary/aromatic N) is 1. The van der Waals surface area contributed by atoms with Crippen molar-refractivity contribution in [3.63, 3.8) is 0 Å². The van der Waals surface area contributed by atoms with Gasteiger partial charge in [0.05, 0.1) is 4.90 Å². The first-order valence-corrected chi connectivity index (χ1v) is 7.52. The molecule has 0 aliphatic rings. The summed E-state index contributed by atoms with van der Waals surface area (Å²) in [6.07, 6.45) is 0.838. The predicted octanol–water partition coefficient (Wildman–Crippen LogP) is 2.32. The van der Waals surface area contributed by atoms with Gasteiger partial charge in [-0.25, -0.2) is 8.42 Å². The number of hydrogen-bond acceptors (Lipinski definition) is 3. The van der Waals surface area contributed by atoms with Crippen molar-refractivity contribution in [2.24, 2.45) is 5.92 Å². The molecule has 0 saturated heterocycles. The van der Waals surface area contributed by atoms with Gasteiger partial charge in [-0.15, -0.1) is 0 Å². The molecule has 18 heavy (non-hydrogen) atoms. The number of rotatable bonds is 5. The van der Waals surface area contributed by atoms with Crippen molar-refractivity contribution in [2.45, 2.75) is 38.1 Å². The lowest BCUT2D eigenvalue weighted by atomic mass is 10.1. The second-order valence-electron chi connectivity index (χ2n) is 5.07. The molecule has 1 unspecified atom stereocenters. The van der Waals surface area contributed by atoms with Crippen molar-refractivity contribution in [1.29, 1.82) is 0 Å². The lowest BCUT2D eigenvalue weighted by molar-refractivity contribution is 0.338. The van der Waals surface area contributed by atoms with E-state index in [2.05, 4.69) is 13.8 Å². The molecule has 0 saturated carbocycles. The molecule has 5 heteroatoms. The molecule has 1 aromatic carbocycles. The van der Waals surface area contributed by atoms with E-state index < -0.39 is 10.0 Å². The third-order valence-electron chi connectivity index (χ3n) is 2.99. The van der Waals surface area contributed by atoms with E-state index in [9.17, 15) is 8.42 Å². The van der Waals surface area contributed by atoms with Crippen LogP contribution in [0.1, 0.15) is 27.2 Å². The molecular weight excluding hydrogens is 248 g/mol. The maximum Gasteiger partial charge on any atom is 0.243 e. The van der Waals surface area contributed by atoms with Crippen LogP contribution in [0.2, 0.25) is 0 Å². The SMILES string of the molecule is CC(C)CC(C)N(C)S(=O)(=O)c1ccc(N)cc1. The third-order valence-corrected chi connectivity index (χ3v) is 4.98. The first-order chi connectivity index (χ1) is 8.25. The van der Waals surface area contributed by atoms with Crippen molar-refractivity contribution in [3.05, 3.63) is 24.3 Å². The summed E-state index contributed by atoms with van der Waals surface area (Å²) in [6.45, 7) is 6.09. The van der Waals surface area contributed by atoms with Crippen LogP contribution in [-0.4, -0.2) is 25.8 Å². The fourth-order valence-corrected chi connectivity index (χ4v) is 3.25. The highest BCUT2D eigenvalue weighted by Gasteiger charge is 2.25. The fourth-order valence-electron chi connectivity index (χ4n) is 1.87. The van der Waals surface area contributed by atoms with Crippen LogP contribution in [0.4, 0.5) is 5.69 Å². The standard InChI is InChI=1S/C13H22N2O2S/c1-10(2)9-11(3)15(4)18(16,17)13-7-5-12(14)6-8-13/h5-8,10-11H,9,14H2,1-4H3. The molecule has 0 radical (unpaired) electrons. The van der Waals surface area contributed by atoms with Gasteiger partial charge in [-0.3, -0.25) is 0 Å². The maximum absolute atomic E-state index is 12.4. The summed E-state index contributed by atoms with van der Waals surface area (Å²) in [5.74, 6) is 0.462. The zero-order valence-electron chi connectivity index (χ0n) is 11.4. The lowest BCUT2D eigenvalue weighted by Crippen LogP contribution is -2.35. The van der Waals surface area contributed by atoms with Crippen LogP contribution < -0.4 is 5.73 Å². The molecule has 0 amide bonds. The number of benzene rings is 1. The second-order valence-corrected chi connectivity index (χ2v) is 7.07. The van der Waals surface area contributed by atoms with Crippen LogP contribution in [-0.2, 0) is 10.0 Å². The monoisotopic (exact) mass is 270 g/mol. The van der Waals surface area contributed by atoms with Crippen molar-refractivity contribution in [2.75, 3.05) is 12.8 Å². The van der Waals surface area contributed by atoms with Crippen LogP contribution in [0.3, 0.4) is 0 Å². The Kier molecular flexibility index (Phi) is 4.76. The van der Waals surface area contributed by atoms with Crippen LogP contribution >= 0.6 is 0 Å². The van der Waals surface area contributed by atoms with Gasteiger partial charge in [-0.2, -0.15) is 4.31 Å². The zero-order chi connectivity index (χ0) is 13.9. The maximum atomic E-state index is 12.4. The molecule has 2 N–H and O–H groups in total. The van der Waals surface area contributed by atoms with Gasteiger partial charge in [0.1, 0.15) is 0 Å². The van der Waals surface area contributed by atoms with E-state index in [1.54, 1.807) is 31.3 Å². The lowest BCUT2D eigenvalue weighted by Gasteiger charge is -2.25. The van der Waals surface area contributed by atoms with Crippen LogP contribution in [0.25, 0.3) is 0 Å². The van der Waals surface area contributed by atoms with E-state index in [1.165, 1.54) is 4.31 Å². The average Bonchev–Trinajstić information content (AvgIpc) is 2.27. The largest absolute Gasteiger partial charge is 0.399 e. The molecule has 1 atom stereocenters. The summed E-state index contributed by atoms with van der Waals surface area (Å²) in [5, 5.41) is 0. The van der Waals surface area contributed by atoms with Crippen molar-refractivity contribution in [1.82, 2.24) is 4.31 Å². The molecule has 0 aromatic heterocycles. The smallest absolute Gasteiger partial charge is 0.243 e. The van der Waals surface area contributed by atoms with Gasteiger partial charge in [0.25, 0.3) is 0 Å². The van der Waals surface area contributed by atoms with Crippen molar-refractivity contribution in [3.8, 4) is 0 Å². The molecule has 4 nitrogen and oxygen atoms in total. The van der Waals surface area contributed by atoms with E-state index in [0.29, 0.717) is 11.6 Å². The average molecular weight is 270 g/mol. The normalized spacial score (nSPS) is 14.1. The molecule has 0 fully saturated rings. The molecular formula is C13H22N2O2S. The summed E-state index contributed by atoms with van der Waals surface area (Å²) >= 11 is 0. The van der Waals surface area contributed by atoms with Crippen molar-refractivity contribution >= 4 is 15.7 Å². The van der Waals surface area contributed by atoms with Crippen LogP contribution in [0.15, 0.2) is 29.2 Å². The summed E-state index contributed by atoms with van der Waals surface area (Å²) in [5.41, 5.74) is 6.13. The van der Waals surface area contributed by atoms with E-state index >= 15 is 0 Å². The Morgan fingerprint density at radius 2 is 1.67 bits per heavy atom. The molecule has 102 valence electrons. The Morgan fingerprint density at radius 1 is 1.17 bits per heavy atom. The molecule has 1 rings (SSSR count). The Balaban J connectivity index is 2.96. The highest BCUT2D eigenvalue weighted by Crippen LogP contribution is 2.20. The number of hydrogen-bond donors (Lipinski definition) is 1. The number of nitrogens with two attached hydrogens (primary N) is 1. The predicted molar refractivity (Wildman–Crippen MR) is 74.7 cm³/mol.